The van der Waals surface area contributed by atoms with Crippen molar-refractivity contribution in [3.8, 4) is 0 Å². The Morgan fingerprint density at radius 2 is 2.14 bits per heavy atom. The first kappa shape index (κ1) is 14.2. The molecular formula is C14H21N5O2. The van der Waals surface area contributed by atoms with E-state index in [9.17, 15) is 0 Å². The van der Waals surface area contributed by atoms with Crippen LogP contribution in [-0.2, 0) is 13.0 Å². The van der Waals surface area contributed by atoms with Crippen molar-refractivity contribution in [3.05, 3.63) is 23.4 Å². The molecule has 0 spiro atoms. The molecule has 21 heavy (non-hydrogen) atoms. The summed E-state index contributed by atoms with van der Waals surface area (Å²) in [6, 6.07) is 0. The van der Waals surface area contributed by atoms with Crippen LogP contribution in [0.3, 0.4) is 0 Å². The van der Waals surface area contributed by atoms with Gasteiger partial charge in [-0.3, -0.25) is 4.90 Å². The van der Waals surface area contributed by atoms with Crippen molar-refractivity contribution in [2.75, 3.05) is 13.1 Å². The Labute approximate surface area is 123 Å². The van der Waals surface area contributed by atoms with Gasteiger partial charge in [-0.15, -0.1) is 0 Å². The van der Waals surface area contributed by atoms with E-state index in [0.717, 1.165) is 50.5 Å². The van der Waals surface area contributed by atoms with Crippen molar-refractivity contribution in [2.24, 2.45) is 0 Å². The van der Waals surface area contributed by atoms with E-state index in [1.165, 1.54) is 0 Å². The average molecular weight is 291 g/mol. The predicted molar refractivity (Wildman–Crippen MR) is 74.6 cm³/mol. The van der Waals surface area contributed by atoms with Gasteiger partial charge in [0.1, 0.15) is 0 Å². The molecular weight excluding hydrogens is 270 g/mol. The average Bonchev–Trinajstić information content (AvgIpc) is 3.09. The van der Waals surface area contributed by atoms with Gasteiger partial charge < -0.3 is 9.05 Å². The van der Waals surface area contributed by atoms with Crippen LogP contribution in [0, 0.1) is 6.92 Å². The molecule has 0 N–H and O–H groups in total. The maximum absolute atomic E-state index is 5.31. The lowest BCUT2D eigenvalue weighted by Gasteiger charge is -2.29. The summed E-state index contributed by atoms with van der Waals surface area (Å²) in [7, 11) is 0. The Bertz CT molecular complexity index is 579. The number of hydrogen-bond donors (Lipinski definition) is 0. The Morgan fingerprint density at radius 3 is 2.90 bits per heavy atom. The largest absolute Gasteiger partial charge is 0.339 e. The summed E-state index contributed by atoms with van der Waals surface area (Å²) >= 11 is 0. The van der Waals surface area contributed by atoms with Gasteiger partial charge in [0.15, 0.2) is 11.6 Å². The summed E-state index contributed by atoms with van der Waals surface area (Å²) in [6.07, 6.45) is 4.10. The third kappa shape index (κ3) is 3.47. The smallest absolute Gasteiger partial charge is 0.240 e. The topological polar surface area (TPSA) is 81.1 Å². The summed E-state index contributed by atoms with van der Waals surface area (Å²) in [5.41, 5.74) is 0. The molecule has 1 aliphatic heterocycles. The molecule has 7 heteroatoms. The fraction of sp³-hybridized carbons (Fsp3) is 0.714. The van der Waals surface area contributed by atoms with E-state index in [1.54, 1.807) is 0 Å². The van der Waals surface area contributed by atoms with Gasteiger partial charge in [-0.25, -0.2) is 0 Å². The van der Waals surface area contributed by atoms with Crippen molar-refractivity contribution < 1.29 is 9.05 Å². The van der Waals surface area contributed by atoms with Gasteiger partial charge in [-0.2, -0.15) is 9.97 Å². The van der Waals surface area contributed by atoms with Crippen LogP contribution in [0.15, 0.2) is 9.05 Å². The minimum absolute atomic E-state index is 0.304. The third-order valence-electron chi connectivity index (χ3n) is 3.74. The molecule has 3 rings (SSSR count). The summed E-state index contributed by atoms with van der Waals surface area (Å²) in [6.45, 7) is 6.58. The molecule has 0 aliphatic carbocycles. The van der Waals surface area contributed by atoms with Crippen molar-refractivity contribution in [1.82, 2.24) is 25.2 Å². The van der Waals surface area contributed by atoms with E-state index in [4.69, 9.17) is 9.05 Å². The molecule has 1 saturated heterocycles. The molecule has 3 heterocycles. The van der Waals surface area contributed by atoms with Crippen LogP contribution in [0.25, 0.3) is 0 Å². The SMILES string of the molecule is CCCc1noc(CN2CCCC(c3nc(C)no3)C2)n1. The monoisotopic (exact) mass is 291 g/mol. The standard InChI is InChI=1S/C14H21N5O2/c1-3-5-12-16-13(20-18-12)9-19-7-4-6-11(8-19)14-15-10(2)17-21-14/h11H,3-9H2,1-2H3. The molecule has 1 unspecified atom stereocenters. The molecule has 1 fully saturated rings. The maximum Gasteiger partial charge on any atom is 0.240 e. The van der Waals surface area contributed by atoms with Gasteiger partial charge in [0.2, 0.25) is 11.8 Å². The predicted octanol–water partition coefficient (Wildman–Crippen LogP) is 2.09. The highest BCUT2D eigenvalue weighted by atomic mass is 16.5. The molecule has 2 aromatic rings. The molecule has 0 bridgehead atoms. The van der Waals surface area contributed by atoms with Gasteiger partial charge in [0.05, 0.1) is 12.5 Å². The van der Waals surface area contributed by atoms with Crippen molar-refractivity contribution in [3.63, 3.8) is 0 Å². The van der Waals surface area contributed by atoms with E-state index in [1.807, 2.05) is 6.92 Å². The Balaban J connectivity index is 1.60. The Hall–Kier alpha value is -1.76. The van der Waals surface area contributed by atoms with Gasteiger partial charge in [0, 0.05) is 13.0 Å². The second-order valence-corrected chi connectivity index (χ2v) is 5.61. The van der Waals surface area contributed by atoms with Crippen LogP contribution in [0.5, 0.6) is 0 Å². The zero-order valence-electron chi connectivity index (χ0n) is 12.6. The number of hydrogen-bond acceptors (Lipinski definition) is 7. The molecule has 1 aliphatic rings. The molecule has 1 atom stereocenters. The first-order chi connectivity index (χ1) is 10.2. The second kappa shape index (κ2) is 6.34. The van der Waals surface area contributed by atoms with Crippen molar-refractivity contribution in [1.29, 1.82) is 0 Å². The maximum atomic E-state index is 5.31. The van der Waals surface area contributed by atoms with Gasteiger partial charge in [-0.05, 0) is 32.7 Å². The molecule has 2 aromatic heterocycles. The normalized spacial score (nSPS) is 20.0. The van der Waals surface area contributed by atoms with Crippen LogP contribution >= 0.6 is 0 Å². The first-order valence-electron chi connectivity index (χ1n) is 7.58. The minimum Gasteiger partial charge on any atom is -0.339 e. The lowest BCUT2D eigenvalue weighted by molar-refractivity contribution is 0.162. The Kier molecular flexibility index (Phi) is 4.28. The minimum atomic E-state index is 0.304. The zero-order valence-corrected chi connectivity index (χ0v) is 12.6. The lowest BCUT2D eigenvalue weighted by atomic mass is 9.98. The lowest BCUT2D eigenvalue weighted by Crippen LogP contribution is -2.34. The summed E-state index contributed by atoms with van der Waals surface area (Å²) in [4.78, 5) is 11.1. The number of nitrogens with zero attached hydrogens (tertiary/aromatic N) is 5. The van der Waals surface area contributed by atoms with Gasteiger partial charge >= 0.3 is 0 Å². The third-order valence-corrected chi connectivity index (χ3v) is 3.74. The fourth-order valence-corrected chi connectivity index (χ4v) is 2.75. The van der Waals surface area contributed by atoms with Gasteiger partial charge in [-0.1, -0.05) is 17.2 Å². The quantitative estimate of drug-likeness (QED) is 0.834. The molecule has 0 amide bonds. The van der Waals surface area contributed by atoms with Crippen molar-refractivity contribution in [2.45, 2.75) is 52.0 Å². The molecule has 0 saturated carbocycles. The summed E-state index contributed by atoms with van der Waals surface area (Å²) in [5.74, 6) is 3.24. The number of aryl methyl sites for hydroxylation is 2. The number of aromatic nitrogens is 4. The van der Waals surface area contributed by atoms with E-state index >= 15 is 0 Å². The highest BCUT2D eigenvalue weighted by Gasteiger charge is 2.26. The molecule has 7 nitrogen and oxygen atoms in total. The van der Waals surface area contributed by atoms with E-state index < -0.39 is 0 Å². The van der Waals surface area contributed by atoms with Crippen LogP contribution < -0.4 is 0 Å². The van der Waals surface area contributed by atoms with Crippen LogP contribution in [0.2, 0.25) is 0 Å². The van der Waals surface area contributed by atoms with E-state index in [-0.39, 0.29) is 0 Å². The molecule has 114 valence electrons. The summed E-state index contributed by atoms with van der Waals surface area (Å²) in [5, 5.41) is 7.88. The second-order valence-electron chi connectivity index (χ2n) is 5.61. The molecule has 0 aromatic carbocycles. The number of piperidine rings is 1. The Morgan fingerprint density at radius 1 is 1.24 bits per heavy atom. The number of rotatable bonds is 5. The fourth-order valence-electron chi connectivity index (χ4n) is 2.75. The van der Waals surface area contributed by atoms with Crippen LogP contribution in [0.1, 0.15) is 55.5 Å². The van der Waals surface area contributed by atoms with E-state index in [2.05, 4.69) is 32.1 Å². The highest BCUT2D eigenvalue weighted by molar-refractivity contribution is 4.97. The number of likely N-dealkylation sites (tertiary alicyclic amines) is 1. The molecule has 0 radical (unpaired) electrons. The zero-order chi connectivity index (χ0) is 14.7. The summed E-state index contributed by atoms with van der Waals surface area (Å²) < 4.78 is 10.6. The first-order valence-corrected chi connectivity index (χ1v) is 7.58. The van der Waals surface area contributed by atoms with Crippen molar-refractivity contribution >= 4 is 0 Å². The van der Waals surface area contributed by atoms with Gasteiger partial charge in [0.25, 0.3) is 0 Å². The van der Waals surface area contributed by atoms with Crippen LogP contribution in [-0.4, -0.2) is 38.3 Å². The van der Waals surface area contributed by atoms with Crippen LogP contribution in [0.4, 0.5) is 0 Å². The van der Waals surface area contributed by atoms with E-state index in [0.29, 0.717) is 24.2 Å². The highest BCUT2D eigenvalue weighted by Crippen LogP contribution is 2.26.